The summed E-state index contributed by atoms with van der Waals surface area (Å²) in [5.41, 5.74) is 0.924. The highest BCUT2D eigenvalue weighted by Crippen LogP contribution is 2.15. The van der Waals surface area contributed by atoms with Gasteiger partial charge < -0.3 is 15.4 Å². The molecule has 2 amide bonds. The van der Waals surface area contributed by atoms with Gasteiger partial charge in [-0.05, 0) is 50.6 Å². The Morgan fingerprint density at radius 1 is 1.17 bits per heavy atom. The maximum absolute atomic E-state index is 11.9. The number of hydrogen-bond donors (Lipinski definition) is 2. The summed E-state index contributed by atoms with van der Waals surface area (Å²) >= 11 is 0. The Labute approximate surface area is 143 Å². The molecule has 2 N–H and O–H groups in total. The molecule has 24 heavy (non-hydrogen) atoms. The van der Waals surface area contributed by atoms with Gasteiger partial charge in [0, 0.05) is 19.1 Å². The number of hydrogen-bond acceptors (Lipinski definition) is 4. The second-order valence-corrected chi connectivity index (χ2v) is 5.89. The minimum Gasteiger partial charge on any atom is -0.494 e. The van der Waals surface area contributed by atoms with Gasteiger partial charge in [-0.25, -0.2) is 0 Å². The Balaban J connectivity index is 1.72. The van der Waals surface area contributed by atoms with E-state index in [1.807, 2.05) is 31.2 Å². The Hall–Kier alpha value is -2.08. The van der Waals surface area contributed by atoms with Gasteiger partial charge >= 0.3 is 11.8 Å². The zero-order chi connectivity index (χ0) is 17.4. The fourth-order valence-corrected chi connectivity index (χ4v) is 2.97. The van der Waals surface area contributed by atoms with Gasteiger partial charge in [0.15, 0.2) is 0 Å². The second-order valence-electron chi connectivity index (χ2n) is 5.89. The molecule has 6 heteroatoms. The molecule has 0 aliphatic carbocycles. The van der Waals surface area contributed by atoms with Crippen LogP contribution < -0.4 is 15.4 Å². The van der Waals surface area contributed by atoms with Gasteiger partial charge in [-0.2, -0.15) is 0 Å². The molecule has 0 aromatic heterocycles. The molecule has 1 aromatic carbocycles. The lowest BCUT2D eigenvalue weighted by atomic mass is 10.2. The summed E-state index contributed by atoms with van der Waals surface area (Å²) in [5, 5.41) is 5.38. The molecule has 0 radical (unpaired) electrons. The zero-order valence-electron chi connectivity index (χ0n) is 14.5. The van der Waals surface area contributed by atoms with Gasteiger partial charge in [-0.1, -0.05) is 19.1 Å². The van der Waals surface area contributed by atoms with E-state index in [1.54, 1.807) is 0 Å². The molecule has 0 spiro atoms. The summed E-state index contributed by atoms with van der Waals surface area (Å²) in [7, 11) is 0. The number of nitrogens with one attached hydrogen (secondary N) is 2. The number of likely N-dealkylation sites (tertiary alicyclic amines) is 1. The lowest BCUT2D eigenvalue weighted by Gasteiger charge is -2.22. The third-order valence-corrected chi connectivity index (χ3v) is 4.30. The molecule has 1 saturated heterocycles. The van der Waals surface area contributed by atoms with Crippen molar-refractivity contribution in [3.63, 3.8) is 0 Å². The average Bonchev–Trinajstić information content (AvgIpc) is 3.06. The van der Waals surface area contributed by atoms with Crippen molar-refractivity contribution in [3.8, 4) is 5.75 Å². The first-order valence-corrected chi connectivity index (χ1v) is 8.65. The molecular formula is C18H27N3O3. The number of benzene rings is 1. The minimum absolute atomic E-state index is 0.323. The van der Waals surface area contributed by atoms with Gasteiger partial charge in [-0.15, -0.1) is 0 Å². The molecule has 1 aliphatic rings. The van der Waals surface area contributed by atoms with Gasteiger partial charge in [0.25, 0.3) is 0 Å². The van der Waals surface area contributed by atoms with Crippen molar-refractivity contribution in [2.24, 2.45) is 0 Å². The molecule has 1 fully saturated rings. The molecule has 0 saturated carbocycles. The molecule has 1 aliphatic heterocycles. The molecule has 132 valence electrons. The van der Waals surface area contributed by atoms with E-state index in [-0.39, 0.29) is 0 Å². The van der Waals surface area contributed by atoms with E-state index >= 15 is 0 Å². The molecule has 6 nitrogen and oxygen atoms in total. The Kier molecular flexibility index (Phi) is 7.06. The van der Waals surface area contributed by atoms with E-state index in [9.17, 15) is 9.59 Å². The maximum Gasteiger partial charge on any atom is 0.309 e. The smallest absolute Gasteiger partial charge is 0.309 e. The van der Waals surface area contributed by atoms with Crippen molar-refractivity contribution in [1.29, 1.82) is 0 Å². The van der Waals surface area contributed by atoms with Gasteiger partial charge in [0.1, 0.15) is 5.75 Å². The zero-order valence-corrected chi connectivity index (χ0v) is 14.5. The van der Waals surface area contributed by atoms with Crippen LogP contribution in [0.1, 0.15) is 32.3 Å². The van der Waals surface area contributed by atoms with Crippen LogP contribution in [0.15, 0.2) is 24.3 Å². The van der Waals surface area contributed by atoms with E-state index in [4.69, 9.17) is 4.74 Å². The van der Waals surface area contributed by atoms with Gasteiger partial charge in [-0.3, -0.25) is 14.5 Å². The monoisotopic (exact) mass is 333 g/mol. The van der Waals surface area contributed by atoms with Crippen molar-refractivity contribution in [2.75, 3.05) is 26.2 Å². The summed E-state index contributed by atoms with van der Waals surface area (Å²) in [4.78, 5) is 26.1. The van der Waals surface area contributed by atoms with Crippen LogP contribution in [-0.4, -0.2) is 49.0 Å². The topological polar surface area (TPSA) is 70.7 Å². The number of amides is 2. The Bertz CT molecular complexity index is 545. The standard InChI is InChI=1S/C18H27N3O3/c1-3-21-11-5-6-15(21)13-20-18(23)17(22)19-12-14-7-9-16(10-8-14)24-4-2/h7-10,15H,3-6,11-13H2,1-2H3,(H,19,22)(H,20,23)/t15-/m0/s1. The average molecular weight is 333 g/mol. The van der Waals surface area contributed by atoms with E-state index in [0.29, 0.717) is 25.7 Å². The van der Waals surface area contributed by atoms with Crippen molar-refractivity contribution in [2.45, 2.75) is 39.3 Å². The normalized spacial score (nSPS) is 17.5. The molecule has 0 bridgehead atoms. The number of carbonyl (C=O) groups is 2. The third kappa shape index (κ3) is 5.23. The molecule has 1 heterocycles. The fourth-order valence-electron chi connectivity index (χ4n) is 2.97. The highest BCUT2D eigenvalue weighted by atomic mass is 16.5. The molecular weight excluding hydrogens is 306 g/mol. The SMILES string of the molecule is CCOc1ccc(CNC(=O)C(=O)NC[C@@H]2CCCN2CC)cc1. The van der Waals surface area contributed by atoms with Crippen LogP contribution in [0.4, 0.5) is 0 Å². The van der Waals surface area contributed by atoms with Crippen molar-refractivity contribution in [1.82, 2.24) is 15.5 Å². The highest BCUT2D eigenvalue weighted by Gasteiger charge is 2.24. The lowest BCUT2D eigenvalue weighted by molar-refractivity contribution is -0.139. The number of ether oxygens (including phenoxy) is 1. The lowest BCUT2D eigenvalue weighted by Crippen LogP contribution is -2.45. The fraction of sp³-hybridized carbons (Fsp3) is 0.556. The summed E-state index contributed by atoms with van der Waals surface area (Å²) in [6, 6.07) is 7.80. The predicted octanol–water partition coefficient (Wildman–Crippen LogP) is 1.30. The van der Waals surface area contributed by atoms with E-state index in [0.717, 1.165) is 37.2 Å². The van der Waals surface area contributed by atoms with Crippen LogP contribution in [0.5, 0.6) is 5.75 Å². The Morgan fingerprint density at radius 3 is 2.54 bits per heavy atom. The van der Waals surface area contributed by atoms with Crippen LogP contribution in [0.2, 0.25) is 0 Å². The highest BCUT2D eigenvalue weighted by molar-refractivity contribution is 6.35. The summed E-state index contributed by atoms with van der Waals surface area (Å²) < 4.78 is 5.37. The first kappa shape index (κ1) is 18.3. The van der Waals surface area contributed by atoms with Gasteiger partial charge in [0.2, 0.25) is 0 Å². The van der Waals surface area contributed by atoms with E-state index < -0.39 is 11.8 Å². The van der Waals surface area contributed by atoms with E-state index in [1.165, 1.54) is 0 Å². The Morgan fingerprint density at radius 2 is 1.88 bits per heavy atom. The number of carbonyl (C=O) groups excluding carboxylic acids is 2. The van der Waals surface area contributed by atoms with E-state index in [2.05, 4.69) is 22.5 Å². The molecule has 1 aromatic rings. The van der Waals surface area contributed by atoms with Crippen LogP contribution in [0.25, 0.3) is 0 Å². The quantitative estimate of drug-likeness (QED) is 0.738. The van der Waals surface area contributed by atoms with Crippen molar-refractivity contribution >= 4 is 11.8 Å². The van der Waals surface area contributed by atoms with Crippen LogP contribution in [0, 0.1) is 0 Å². The largest absolute Gasteiger partial charge is 0.494 e. The van der Waals surface area contributed by atoms with Crippen molar-refractivity contribution < 1.29 is 14.3 Å². The number of nitrogens with zero attached hydrogens (tertiary/aromatic N) is 1. The van der Waals surface area contributed by atoms with Crippen LogP contribution >= 0.6 is 0 Å². The number of rotatable bonds is 7. The van der Waals surface area contributed by atoms with Crippen LogP contribution in [-0.2, 0) is 16.1 Å². The summed E-state index contributed by atoms with van der Waals surface area (Å²) in [5.74, 6) is -0.365. The number of likely N-dealkylation sites (N-methyl/N-ethyl adjacent to an activating group) is 1. The molecule has 2 rings (SSSR count). The second kappa shape index (κ2) is 9.27. The minimum atomic E-state index is -0.593. The summed E-state index contributed by atoms with van der Waals surface area (Å²) in [6.07, 6.45) is 2.22. The van der Waals surface area contributed by atoms with Crippen molar-refractivity contribution in [3.05, 3.63) is 29.8 Å². The first-order valence-electron chi connectivity index (χ1n) is 8.65. The van der Waals surface area contributed by atoms with Crippen LogP contribution in [0.3, 0.4) is 0 Å². The molecule has 1 atom stereocenters. The third-order valence-electron chi connectivity index (χ3n) is 4.30. The van der Waals surface area contributed by atoms with Gasteiger partial charge in [0.05, 0.1) is 6.61 Å². The summed E-state index contributed by atoms with van der Waals surface area (Å²) in [6.45, 7) is 7.56. The predicted molar refractivity (Wildman–Crippen MR) is 92.7 cm³/mol. The first-order chi connectivity index (χ1) is 11.6. The maximum atomic E-state index is 11.9. The molecule has 0 unspecified atom stereocenters.